The molecule has 1 amide bonds. The van der Waals surface area contributed by atoms with Gasteiger partial charge in [0, 0.05) is 31.2 Å². The van der Waals surface area contributed by atoms with Crippen molar-refractivity contribution in [2.75, 3.05) is 6.54 Å². The number of carbonyl (C=O) groups excluding carboxylic acids is 2. The zero-order chi connectivity index (χ0) is 25.5. The molecule has 1 spiro atoms. The van der Waals surface area contributed by atoms with E-state index in [4.69, 9.17) is 24.0 Å². The standard InChI is InChI=1S/C27H36FNO7/c1-16-4-9-21-17(2)24(33-25-27(21)20(16)12-14-26(3,34-25)35-36-27)32-23(31)11-10-22(30)29-15-13-18-5-7-19(28)8-6-18/h5-8,16-17,20-21,24-25H,4,9-15H2,1-3H3,(H,29,30)/t16-,17-,20+,21+,24-,25-,26-,27+/m1/s1. The Morgan fingerprint density at radius 3 is 2.64 bits per heavy atom. The Balaban J connectivity index is 1.15. The Morgan fingerprint density at radius 1 is 1.08 bits per heavy atom. The van der Waals surface area contributed by atoms with Crippen molar-refractivity contribution in [1.29, 1.82) is 0 Å². The van der Waals surface area contributed by atoms with Crippen LogP contribution in [0.3, 0.4) is 0 Å². The highest BCUT2D eigenvalue weighted by atomic mass is 19.1. The number of rotatable bonds is 7. The number of amides is 1. The molecular weight excluding hydrogens is 469 g/mol. The van der Waals surface area contributed by atoms with Gasteiger partial charge in [-0.25, -0.2) is 14.2 Å². The maximum absolute atomic E-state index is 13.0. The number of esters is 1. The molecule has 8 atom stereocenters. The molecule has 4 saturated heterocycles. The van der Waals surface area contributed by atoms with Gasteiger partial charge in [0.2, 0.25) is 18.0 Å². The topological polar surface area (TPSA) is 92.3 Å². The van der Waals surface area contributed by atoms with Gasteiger partial charge in [0.25, 0.3) is 0 Å². The van der Waals surface area contributed by atoms with Crippen LogP contribution in [0.4, 0.5) is 4.39 Å². The van der Waals surface area contributed by atoms with Crippen molar-refractivity contribution < 1.29 is 38.0 Å². The normalized spacial score (nSPS) is 39.1. The van der Waals surface area contributed by atoms with Gasteiger partial charge in [-0.1, -0.05) is 26.0 Å². The molecule has 6 rings (SSSR count). The van der Waals surface area contributed by atoms with Crippen LogP contribution in [0.1, 0.15) is 64.9 Å². The molecule has 1 aliphatic carbocycles. The van der Waals surface area contributed by atoms with E-state index in [0.717, 1.165) is 24.8 Å². The molecule has 0 aromatic heterocycles. The van der Waals surface area contributed by atoms with E-state index in [1.165, 1.54) is 12.1 Å². The molecule has 1 N–H and O–H groups in total. The summed E-state index contributed by atoms with van der Waals surface area (Å²) in [6.45, 7) is 6.53. The van der Waals surface area contributed by atoms with E-state index in [1.807, 2.05) is 13.8 Å². The van der Waals surface area contributed by atoms with Gasteiger partial charge in [-0.15, -0.1) is 0 Å². The van der Waals surface area contributed by atoms with Crippen molar-refractivity contribution in [3.05, 3.63) is 35.6 Å². The van der Waals surface area contributed by atoms with Gasteiger partial charge >= 0.3 is 5.97 Å². The van der Waals surface area contributed by atoms with Gasteiger partial charge in [0.1, 0.15) is 5.82 Å². The molecule has 5 fully saturated rings. The molecule has 9 heteroatoms. The first-order valence-electron chi connectivity index (χ1n) is 13.1. The summed E-state index contributed by atoms with van der Waals surface area (Å²) in [4.78, 5) is 36.8. The van der Waals surface area contributed by atoms with Crippen molar-refractivity contribution in [2.45, 2.75) is 89.7 Å². The summed E-state index contributed by atoms with van der Waals surface area (Å²) in [5, 5.41) is 2.79. The second-order valence-corrected chi connectivity index (χ2v) is 11.0. The van der Waals surface area contributed by atoms with Crippen LogP contribution in [0.25, 0.3) is 0 Å². The third-order valence-corrected chi connectivity index (χ3v) is 8.55. The molecule has 1 aromatic carbocycles. The smallest absolute Gasteiger partial charge is 0.308 e. The highest BCUT2D eigenvalue weighted by molar-refractivity contribution is 5.81. The molecule has 198 valence electrons. The monoisotopic (exact) mass is 505 g/mol. The van der Waals surface area contributed by atoms with Crippen LogP contribution in [-0.4, -0.2) is 42.4 Å². The first kappa shape index (κ1) is 25.6. The Bertz CT molecular complexity index is 973. The van der Waals surface area contributed by atoms with Gasteiger partial charge in [-0.05, 0) is 62.1 Å². The van der Waals surface area contributed by atoms with Gasteiger partial charge in [-0.3, -0.25) is 9.59 Å². The minimum Gasteiger partial charge on any atom is -0.435 e. The van der Waals surface area contributed by atoms with Crippen molar-refractivity contribution in [2.24, 2.45) is 23.7 Å². The molecular formula is C27H36FNO7. The van der Waals surface area contributed by atoms with Crippen molar-refractivity contribution >= 4 is 11.9 Å². The summed E-state index contributed by atoms with van der Waals surface area (Å²) in [5.41, 5.74) is 0.217. The largest absolute Gasteiger partial charge is 0.435 e. The Hall–Kier alpha value is -2.07. The minimum atomic E-state index is -0.890. The van der Waals surface area contributed by atoms with E-state index in [1.54, 1.807) is 12.1 Å². The van der Waals surface area contributed by atoms with E-state index in [0.29, 0.717) is 25.3 Å². The average molecular weight is 506 g/mol. The third-order valence-electron chi connectivity index (χ3n) is 8.55. The minimum absolute atomic E-state index is 0.0191. The van der Waals surface area contributed by atoms with E-state index >= 15 is 0 Å². The highest BCUT2D eigenvalue weighted by Crippen LogP contribution is 2.60. The molecule has 36 heavy (non-hydrogen) atoms. The second kappa shape index (κ2) is 10.0. The SMILES string of the molecule is C[C@H]1[C@H](OC(=O)CCC(=O)NCCc2ccc(F)cc2)O[C@@H]2O[C@@]3(C)CC[C@H]4[C@H](C)CC[C@@H]1[C@]24OO3. The Morgan fingerprint density at radius 2 is 1.86 bits per heavy atom. The first-order valence-corrected chi connectivity index (χ1v) is 13.1. The van der Waals surface area contributed by atoms with Crippen molar-refractivity contribution in [1.82, 2.24) is 5.32 Å². The van der Waals surface area contributed by atoms with Gasteiger partial charge < -0.3 is 19.5 Å². The van der Waals surface area contributed by atoms with Crippen LogP contribution in [0.15, 0.2) is 24.3 Å². The molecule has 8 nitrogen and oxygen atoms in total. The lowest BCUT2D eigenvalue weighted by atomic mass is 9.58. The lowest BCUT2D eigenvalue weighted by Gasteiger charge is -2.59. The zero-order valence-electron chi connectivity index (χ0n) is 21.2. The summed E-state index contributed by atoms with van der Waals surface area (Å²) in [6, 6.07) is 6.15. The quantitative estimate of drug-likeness (QED) is 0.442. The number of halogens is 1. The van der Waals surface area contributed by atoms with E-state index in [2.05, 4.69) is 12.2 Å². The zero-order valence-corrected chi connectivity index (χ0v) is 21.2. The van der Waals surface area contributed by atoms with Crippen LogP contribution < -0.4 is 5.32 Å². The van der Waals surface area contributed by atoms with Crippen LogP contribution in [0.2, 0.25) is 0 Å². The number of ether oxygens (including phenoxy) is 3. The van der Waals surface area contributed by atoms with Gasteiger partial charge in [-0.2, -0.15) is 0 Å². The lowest BCUT2D eigenvalue weighted by molar-refractivity contribution is -0.576. The summed E-state index contributed by atoms with van der Waals surface area (Å²) in [6.07, 6.45) is 2.71. The third kappa shape index (κ3) is 4.78. The molecule has 4 heterocycles. The number of benzene rings is 1. The lowest BCUT2D eigenvalue weighted by Crippen LogP contribution is -2.70. The van der Waals surface area contributed by atoms with Crippen LogP contribution in [-0.2, 0) is 40.0 Å². The maximum atomic E-state index is 13.0. The fraction of sp³-hybridized carbons (Fsp3) is 0.704. The molecule has 1 saturated carbocycles. The molecule has 2 bridgehead atoms. The van der Waals surface area contributed by atoms with Crippen molar-refractivity contribution in [3.63, 3.8) is 0 Å². The fourth-order valence-electron chi connectivity index (χ4n) is 6.50. The second-order valence-electron chi connectivity index (χ2n) is 11.0. The van der Waals surface area contributed by atoms with Crippen LogP contribution in [0.5, 0.6) is 0 Å². The predicted octanol–water partition coefficient (Wildman–Crippen LogP) is 4.02. The summed E-state index contributed by atoms with van der Waals surface area (Å²) in [5.74, 6) is -1.27. The number of fused-ring (bicyclic) bond motifs is 2. The van der Waals surface area contributed by atoms with Gasteiger partial charge in [0.15, 0.2) is 11.9 Å². The molecule has 5 aliphatic rings. The van der Waals surface area contributed by atoms with Crippen LogP contribution in [0, 0.1) is 29.5 Å². The summed E-state index contributed by atoms with van der Waals surface area (Å²) < 4.78 is 31.3. The molecule has 0 radical (unpaired) electrons. The molecule has 1 aromatic rings. The number of hydrogen-bond donors (Lipinski definition) is 1. The number of carbonyl (C=O) groups is 2. The van der Waals surface area contributed by atoms with Crippen molar-refractivity contribution in [3.8, 4) is 0 Å². The number of hydrogen-bond acceptors (Lipinski definition) is 7. The van der Waals surface area contributed by atoms with Crippen LogP contribution >= 0.6 is 0 Å². The molecule has 0 unspecified atom stereocenters. The Kier molecular flexibility index (Phi) is 7.11. The Labute approximate surface area is 211 Å². The van der Waals surface area contributed by atoms with Gasteiger partial charge in [0.05, 0.1) is 6.42 Å². The highest BCUT2D eigenvalue weighted by Gasteiger charge is 2.69. The van der Waals surface area contributed by atoms with E-state index < -0.39 is 29.9 Å². The number of nitrogens with one attached hydrogen (secondary N) is 1. The maximum Gasteiger partial charge on any atom is 0.308 e. The predicted molar refractivity (Wildman–Crippen MR) is 125 cm³/mol. The molecule has 4 aliphatic heterocycles. The summed E-state index contributed by atoms with van der Waals surface area (Å²) in [7, 11) is 0. The first-order chi connectivity index (χ1) is 17.2. The van der Waals surface area contributed by atoms with E-state index in [-0.39, 0.29) is 42.3 Å². The fourth-order valence-corrected chi connectivity index (χ4v) is 6.50. The average Bonchev–Trinajstić information content (AvgIpc) is 3.08. The summed E-state index contributed by atoms with van der Waals surface area (Å²) >= 11 is 0. The van der Waals surface area contributed by atoms with E-state index in [9.17, 15) is 14.0 Å².